The highest BCUT2D eigenvalue weighted by atomic mass is 19.1. The summed E-state index contributed by atoms with van der Waals surface area (Å²) in [5, 5.41) is 12.6. The number of halogens is 2. The van der Waals surface area contributed by atoms with E-state index in [1.807, 2.05) is 42.5 Å². The molecule has 2 atom stereocenters. The number of fused-ring (bicyclic) bond motifs is 1. The van der Waals surface area contributed by atoms with Gasteiger partial charge in [0.15, 0.2) is 0 Å². The summed E-state index contributed by atoms with van der Waals surface area (Å²) < 4.78 is 27.0. The van der Waals surface area contributed by atoms with Crippen LogP contribution >= 0.6 is 0 Å². The normalized spacial score (nSPS) is 13.9. The lowest BCUT2D eigenvalue weighted by Crippen LogP contribution is -2.21. The number of rotatable bonds is 4. The maximum atomic E-state index is 13.9. The largest absolute Gasteiger partial charge is 0.388 e. The van der Waals surface area contributed by atoms with Crippen molar-refractivity contribution in [3.8, 4) is 0 Å². The van der Waals surface area contributed by atoms with Gasteiger partial charge in [0.1, 0.15) is 11.6 Å². The number of hydrogen-bond acceptors (Lipinski definition) is 2. The molecule has 2 nitrogen and oxygen atoms in total. The predicted molar refractivity (Wildman–Crippen MR) is 87.1 cm³/mol. The van der Waals surface area contributed by atoms with Crippen LogP contribution in [-0.2, 0) is 0 Å². The molecule has 0 aliphatic heterocycles. The molecule has 3 N–H and O–H groups in total. The summed E-state index contributed by atoms with van der Waals surface area (Å²) in [5.74, 6) is -1.91. The molecule has 23 heavy (non-hydrogen) atoms. The fourth-order valence-electron chi connectivity index (χ4n) is 2.84. The van der Waals surface area contributed by atoms with Crippen LogP contribution in [0.1, 0.15) is 23.1 Å². The Morgan fingerprint density at radius 3 is 2.35 bits per heavy atom. The van der Waals surface area contributed by atoms with E-state index in [2.05, 4.69) is 0 Å². The van der Waals surface area contributed by atoms with Gasteiger partial charge in [0.2, 0.25) is 0 Å². The Morgan fingerprint density at radius 2 is 1.65 bits per heavy atom. The van der Waals surface area contributed by atoms with Gasteiger partial charge in [-0.15, -0.1) is 0 Å². The molecule has 0 bridgehead atoms. The molecule has 0 saturated heterocycles. The molecule has 1 unspecified atom stereocenters. The lowest BCUT2D eigenvalue weighted by Gasteiger charge is -2.23. The first-order valence-electron chi connectivity index (χ1n) is 7.42. The molecule has 0 amide bonds. The highest BCUT2D eigenvalue weighted by molar-refractivity contribution is 5.83. The summed E-state index contributed by atoms with van der Waals surface area (Å²) in [6.45, 7) is 0.149. The van der Waals surface area contributed by atoms with E-state index < -0.39 is 23.7 Å². The minimum Gasteiger partial charge on any atom is -0.388 e. The Labute approximate surface area is 133 Å². The van der Waals surface area contributed by atoms with Crippen LogP contribution in [0.2, 0.25) is 0 Å². The van der Waals surface area contributed by atoms with Crippen molar-refractivity contribution in [1.82, 2.24) is 0 Å². The molecule has 3 aromatic carbocycles. The second-order valence-corrected chi connectivity index (χ2v) is 5.56. The van der Waals surface area contributed by atoms with E-state index >= 15 is 0 Å². The molecule has 0 fully saturated rings. The zero-order valence-electron chi connectivity index (χ0n) is 12.4. The molecule has 0 spiro atoms. The van der Waals surface area contributed by atoms with E-state index in [9.17, 15) is 13.9 Å². The topological polar surface area (TPSA) is 46.2 Å². The number of aliphatic hydroxyl groups is 1. The maximum absolute atomic E-state index is 13.9. The van der Waals surface area contributed by atoms with Gasteiger partial charge in [-0.1, -0.05) is 48.5 Å². The standard InChI is InChI=1S/C19H17F2NO/c20-15-7-8-16(18(21)10-15)19(23)17(11-22)14-6-5-12-3-1-2-4-13(12)9-14/h1-10,17,19,23H,11,22H2/t17?,19-/m0/s1. The average molecular weight is 313 g/mol. The number of hydrogen-bond donors (Lipinski definition) is 2. The minimum atomic E-state index is -1.14. The molecule has 0 aromatic heterocycles. The monoisotopic (exact) mass is 313 g/mol. The summed E-state index contributed by atoms with van der Waals surface area (Å²) in [4.78, 5) is 0. The first-order chi connectivity index (χ1) is 11.1. The molecule has 3 rings (SSSR count). The van der Waals surface area contributed by atoms with Crippen molar-refractivity contribution in [2.24, 2.45) is 5.73 Å². The van der Waals surface area contributed by atoms with Crippen LogP contribution in [-0.4, -0.2) is 11.7 Å². The molecule has 0 radical (unpaired) electrons. The summed E-state index contributed by atoms with van der Waals surface area (Å²) in [6, 6.07) is 16.8. The zero-order valence-corrected chi connectivity index (χ0v) is 12.4. The zero-order chi connectivity index (χ0) is 16.4. The fraction of sp³-hybridized carbons (Fsp3) is 0.158. The third-order valence-electron chi connectivity index (χ3n) is 4.12. The van der Waals surface area contributed by atoms with Crippen molar-refractivity contribution < 1.29 is 13.9 Å². The fourth-order valence-corrected chi connectivity index (χ4v) is 2.84. The van der Waals surface area contributed by atoms with Crippen LogP contribution in [0.25, 0.3) is 10.8 Å². The molecular formula is C19H17F2NO. The Bertz CT molecular complexity index is 834. The first kappa shape index (κ1) is 15.6. The Balaban J connectivity index is 1.99. The van der Waals surface area contributed by atoms with E-state index in [0.717, 1.165) is 28.5 Å². The minimum absolute atomic E-state index is 0.0509. The molecule has 4 heteroatoms. The first-order valence-corrected chi connectivity index (χ1v) is 7.42. The second-order valence-electron chi connectivity index (χ2n) is 5.56. The van der Waals surface area contributed by atoms with Gasteiger partial charge in [0.25, 0.3) is 0 Å². The Hall–Kier alpha value is -2.30. The molecule has 0 heterocycles. The Morgan fingerprint density at radius 1 is 0.913 bits per heavy atom. The van der Waals surface area contributed by atoms with Crippen molar-refractivity contribution in [1.29, 1.82) is 0 Å². The highest BCUT2D eigenvalue weighted by Crippen LogP contribution is 2.33. The van der Waals surface area contributed by atoms with Gasteiger partial charge in [-0.3, -0.25) is 0 Å². The van der Waals surface area contributed by atoms with Gasteiger partial charge >= 0.3 is 0 Å². The lowest BCUT2D eigenvalue weighted by atomic mass is 9.88. The van der Waals surface area contributed by atoms with Crippen molar-refractivity contribution in [3.05, 3.63) is 83.4 Å². The van der Waals surface area contributed by atoms with Gasteiger partial charge in [-0.05, 0) is 22.4 Å². The van der Waals surface area contributed by atoms with Gasteiger partial charge in [-0.25, -0.2) is 8.78 Å². The molecule has 0 saturated carbocycles. The summed E-state index contributed by atoms with van der Waals surface area (Å²) in [6.07, 6.45) is -1.14. The smallest absolute Gasteiger partial charge is 0.131 e. The van der Waals surface area contributed by atoms with E-state index in [0.29, 0.717) is 0 Å². The Kier molecular flexibility index (Phi) is 4.37. The van der Waals surface area contributed by atoms with Crippen molar-refractivity contribution in [2.75, 3.05) is 6.54 Å². The number of nitrogens with two attached hydrogens (primary N) is 1. The van der Waals surface area contributed by atoms with Crippen LogP contribution < -0.4 is 5.73 Å². The van der Waals surface area contributed by atoms with Crippen LogP contribution in [0.5, 0.6) is 0 Å². The van der Waals surface area contributed by atoms with Gasteiger partial charge in [-0.2, -0.15) is 0 Å². The molecule has 0 aliphatic carbocycles. The SMILES string of the molecule is NCC(c1ccc2ccccc2c1)[C@@H](O)c1ccc(F)cc1F. The van der Waals surface area contributed by atoms with E-state index in [1.165, 1.54) is 6.07 Å². The van der Waals surface area contributed by atoms with Crippen molar-refractivity contribution >= 4 is 10.8 Å². The van der Waals surface area contributed by atoms with Gasteiger partial charge in [0.05, 0.1) is 6.10 Å². The quantitative estimate of drug-likeness (QED) is 0.767. The molecular weight excluding hydrogens is 296 g/mol. The van der Waals surface area contributed by atoms with Crippen LogP contribution in [0, 0.1) is 11.6 Å². The van der Waals surface area contributed by atoms with Crippen molar-refractivity contribution in [3.63, 3.8) is 0 Å². The number of benzene rings is 3. The average Bonchev–Trinajstić information content (AvgIpc) is 2.55. The lowest BCUT2D eigenvalue weighted by molar-refractivity contribution is 0.143. The summed E-state index contributed by atoms with van der Waals surface area (Å²) >= 11 is 0. The number of aliphatic hydroxyl groups excluding tert-OH is 1. The summed E-state index contributed by atoms with van der Waals surface area (Å²) in [5.41, 5.74) is 6.68. The van der Waals surface area contributed by atoms with Crippen LogP contribution in [0.15, 0.2) is 60.7 Å². The summed E-state index contributed by atoms with van der Waals surface area (Å²) in [7, 11) is 0. The predicted octanol–water partition coefficient (Wildman–Crippen LogP) is 3.89. The molecule has 3 aromatic rings. The van der Waals surface area contributed by atoms with Gasteiger partial charge < -0.3 is 10.8 Å². The van der Waals surface area contributed by atoms with E-state index in [-0.39, 0.29) is 12.1 Å². The van der Waals surface area contributed by atoms with E-state index in [1.54, 1.807) is 0 Å². The van der Waals surface area contributed by atoms with Crippen molar-refractivity contribution in [2.45, 2.75) is 12.0 Å². The third kappa shape index (κ3) is 3.09. The van der Waals surface area contributed by atoms with E-state index in [4.69, 9.17) is 5.73 Å². The third-order valence-corrected chi connectivity index (χ3v) is 4.12. The van der Waals surface area contributed by atoms with Gasteiger partial charge in [0, 0.05) is 24.1 Å². The maximum Gasteiger partial charge on any atom is 0.131 e. The van der Waals surface area contributed by atoms with Crippen LogP contribution in [0.3, 0.4) is 0 Å². The van der Waals surface area contributed by atoms with Crippen LogP contribution in [0.4, 0.5) is 8.78 Å². The second kappa shape index (κ2) is 6.44. The highest BCUT2D eigenvalue weighted by Gasteiger charge is 2.24. The molecule has 118 valence electrons. The molecule has 0 aliphatic rings.